The van der Waals surface area contributed by atoms with Crippen molar-refractivity contribution in [3.8, 4) is 5.69 Å². The maximum Gasteiger partial charge on any atom is 0.336 e. The molecule has 5 heteroatoms. The lowest BCUT2D eigenvalue weighted by molar-refractivity contribution is 0.716. The van der Waals surface area contributed by atoms with E-state index < -0.39 is 0 Å². The standard InChI is InChI=1S/C21H16N2O2S/c1-2-15-8-10-16(11-9-15)14-22-18-12-13-26-19(18)20(24)23(21(22)25)17-6-4-3-5-7-17/h2-13H,1,14H2. The van der Waals surface area contributed by atoms with Gasteiger partial charge in [-0.3, -0.25) is 9.36 Å². The first-order chi connectivity index (χ1) is 12.7. The van der Waals surface area contributed by atoms with Gasteiger partial charge in [0.15, 0.2) is 0 Å². The van der Waals surface area contributed by atoms with Crippen LogP contribution in [0.1, 0.15) is 11.1 Å². The van der Waals surface area contributed by atoms with Crippen LogP contribution in [-0.4, -0.2) is 9.13 Å². The molecule has 0 atom stereocenters. The molecule has 4 aromatic rings. The van der Waals surface area contributed by atoms with E-state index in [1.165, 1.54) is 15.9 Å². The zero-order valence-corrected chi connectivity index (χ0v) is 14.8. The molecule has 0 unspecified atom stereocenters. The van der Waals surface area contributed by atoms with Gasteiger partial charge in [-0.1, -0.05) is 55.1 Å². The lowest BCUT2D eigenvalue weighted by atomic mass is 10.1. The van der Waals surface area contributed by atoms with E-state index in [0.29, 0.717) is 22.4 Å². The Balaban J connectivity index is 1.94. The summed E-state index contributed by atoms with van der Waals surface area (Å²) in [6.07, 6.45) is 1.78. The first-order valence-electron chi connectivity index (χ1n) is 8.19. The van der Waals surface area contributed by atoms with Crippen molar-refractivity contribution in [1.82, 2.24) is 9.13 Å². The van der Waals surface area contributed by atoms with Crippen molar-refractivity contribution in [3.05, 3.63) is 105 Å². The van der Waals surface area contributed by atoms with Gasteiger partial charge in [0.2, 0.25) is 0 Å². The maximum atomic E-state index is 13.1. The Kier molecular flexibility index (Phi) is 4.14. The van der Waals surface area contributed by atoms with Gasteiger partial charge in [0.05, 0.1) is 17.7 Å². The van der Waals surface area contributed by atoms with E-state index in [0.717, 1.165) is 11.1 Å². The van der Waals surface area contributed by atoms with Crippen LogP contribution in [0.15, 0.2) is 82.2 Å². The quantitative estimate of drug-likeness (QED) is 0.554. The molecule has 0 bridgehead atoms. The molecule has 0 amide bonds. The molecule has 26 heavy (non-hydrogen) atoms. The molecular weight excluding hydrogens is 344 g/mol. The summed E-state index contributed by atoms with van der Waals surface area (Å²) < 4.78 is 3.48. The Bertz CT molecular complexity index is 1200. The average molecular weight is 360 g/mol. The van der Waals surface area contributed by atoms with Gasteiger partial charge in [-0.25, -0.2) is 9.36 Å². The molecule has 0 aliphatic rings. The molecule has 128 valence electrons. The Morgan fingerprint density at radius 3 is 2.38 bits per heavy atom. The highest BCUT2D eigenvalue weighted by molar-refractivity contribution is 7.17. The molecule has 0 spiro atoms. The van der Waals surface area contributed by atoms with E-state index in [-0.39, 0.29) is 11.2 Å². The van der Waals surface area contributed by atoms with Gasteiger partial charge in [0.25, 0.3) is 5.56 Å². The van der Waals surface area contributed by atoms with E-state index in [1.807, 2.05) is 53.9 Å². The Labute approximate surface area is 153 Å². The summed E-state index contributed by atoms with van der Waals surface area (Å²) in [6, 6.07) is 18.7. The smallest absolute Gasteiger partial charge is 0.288 e. The number of hydrogen-bond acceptors (Lipinski definition) is 3. The number of nitrogens with zero attached hydrogens (tertiary/aromatic N) is 2. The first kappa shape index (κ1) is 16.3. The van der Waals surface area contributed by atoms with Crippen molar-refractivity contribution in [1.29, 1.82) is 0 Å². The Morgan fingerprint density at radius 2 is 1.69 bits per heavy atom. The minimum absolute atomic E-state index is 0.274. The number of thiophene rings is 1. The second kappa shape index (κ2) is 6.61. The van der Waals surface area contributed by atoms with Crippen LogP contribution in [0.25, 0.3) is 22.0 Å². The van der Waals surface area contributed by atoms with Crippen LogP contribution in [0, 0.1) is 0 Å². The van der Waals surface area contributed by atoms with Crippen LogP contribution >= 0.6 is 11.3 Å². The van der Waals surface area contributed by atoms with E-state index in [9.17, 15) is 9.59 Å². The van der Waals surface area contributed by atoms with Gasteiger partial charge >= 0.3 is 5.69 Å². The minimum Gasteiger partial charge on any atom is -0.288 e. The predicted molar refractivity (Wildman–Crippen MR) is 107 cm³/mol. The van der Waals surface area contributed by atoms with Crippen LogP contribution in [-0.2, 0) is 6.54 Å². The first-order valence-corrected chi connectivity index (χ1v) is 9.07. The normalized spacial score (nSPS) is 10.9. The van der Waals surface area contributed by atoms with Crippen molar-refractivity contribution >= 4 is 27.6 Å². The largest absolute Gasteiger partial charge is 0.336 e. The molecule has 0 radical (unpaired) electrons. The second-order valence-electron chi connectivity index (χ2n) is 5.93. The fourth-order valence-corrected chi connectivity index (χ4v) is 3.81. The topological polar surface area (TPSA) is 44.0 Å². The van der Waals surface area contributed by atoms with E-state index in [2.05, 4.69) is 6.58 Å². The molecule has 0 N–H and O–H groups in total. The summed E-state index contributed by atoms with van der Waals surface area (Å²) >= 11 is 1.36. The summed E-state index contributed by atoms with van der Waals surface area (Å²) in [5, 5.41) is 1.85. The number of hydrogen-bond donors (Lipinski definition) is 0. The number of benzene rings is 2. The number of para-hydroxylation sites is 1. The van der Waals surface area contributed by atoms with E-state index in [1.54, 1.807) is 22.8 Å². The average Bonchev–Trinajstić information content (AvgIpc) is 3.17. The summed E-state index contributed by atoms with van der Waals surface area (Å²) in [5.74, 6) is 0. The van der Waals surface area contributed by atoms with Gasteiger partial charge in [-0.15, -0.1) is 11.3 Å². The van der Waals surface area contributed by atoms with Crippen LogP contribution < -0.4 is 11.2 Å². The number of rotatable bonds is 4. The lowest BCUT2D eigenvalue weighted by Crippen LogP contribution is -2.38. The predicted octanol–water partition coefficient (Wildman–Crippen LogP) is 3.91. The van der Waals surface area contributed by atoms with Gasteiger partial charge in [-0.2, -0.15) is 0 Å². The van der Waals surface area contributed by atoms with Crippen molar-refractivity contribution in [2.75, 3.05) is 0 Å². The fraction of sp³-hybridized carbons (Fsp3) is 0.0476. The van der Waals surface area contributed by atoms with Gasteiger partial charge in [0.1, 0.15) is 4.70 Å². The van der Waals surface area contributed by atoms with Crippen LogP contribution in [0.5, 0.6) is 0 Å². The molecule has 0 saturated carbocycles. The van der Waals surface area contributed by atoms with Gasteiger partial charge in [-0.05, 0) is 34.7 Å². The molecule has 2 aromatic heterocycles. The third kappa shape index (κ3) is 2.72. The lowest BCUT2D eigenvalue weighted by Gasteiger charge is -2.12. The van der Waals surface area contributed by atoms with Crippen LogP contribution in [0.2, 0.25) is 0 Å². The van der Waals surface area contributed by atoms with Gasteiger partial charge in [0, 0.05) is 0 Å². The maximum absolute atomic E-state index is 13.1. The van der Waals surface area contributed by atoms with Crippen LogP contribution in [0.4, 0.5) is 0 Å². The number of fused-ring (bicyclic) bond motifs is 1. The zero-order chi connectivity index (χ0) is 18.1. The monoisotopic (exact) mass is 360 g/mol. The molecular formula is C21H16N2O2S. The summed E-state index contributed by atoms with van der Waals surface area (Å²) in [6.45, 7) is 4.16. The molecule has 2 aromatic carbocycles. The fourth-order valence-electron chi connectivity index (χ4n) is 2.99. The molecule has 0 aliphatic carbocycles. The molecule has 0 saturated heterocycles. The van der Waals surface area contributed by atoms with Crippen molar-refractivity contribution < 1.29 is 0 Å². The summed E-state index contributed by atoms with van der Waals surface area (Å²) in [5.41, 5.74) is 2.65. The third-order valence-electron chi connectivity index (χ3n) is 4.33. The molecule has 4 rings (SSSR count). The molecule has 2 heterocycles. The minimum atomic E-state index is -0.333. The number of aromatic nitrogens is 2. The summed E-state index contributed by atoms with van der Waals surface area (Å²) in [7, 11) is 0. The molecule has 0 fully saturated rings. The highest BCUT2D eigenvalue weighted by atomic mass is 32.1. The summed E-state index contributed by atoms with van der Waals surface area (Å²) in [4.78, 5) is 26.0. The molecule has 4 nitrogen and oxygen atoms in total. The Morgan fingerprint density at radius 1 is 0.962 bits per heavy atom. The highest BCUT2D eigenvalue weighted by Crippen LogP contribution is 2.18. The van der Waals surface area contributed by atoms with E-state index in [4.69, 9.17) is 0 Å². The van der Waals surface area contributed by atoms with Crippen molar-refractivity contribution in [3.63, 3.8) is 0 Å². The van der Waals surface area contributed by atoms with Crippen LogP contribution in [0.3, 0.4) is 0 Å². The third-order valence-corrected chi connectivity index (χ3v) is 5.22. The second-order valence-corrected chi connectivity index (χ2v) is 6.84. The van der Waals surface area contributed by atoms with Gasteiger partial charge < -0.3 is 0 Å². The Hall–Kier alpha value is -3.18. The van der Waals surface area contributed by atoms with Crippen molar-refractivity contribution in [2.45, 2.75) is 6.54 Å². The van der Waals surface area contributed by atoms with Crippen molar-refractivity contribution in [2.24, 2.45) is 0 Å². The van der Waals surface area contributed by atoms with E-state index >= 15 is 0 Å². The molecule has 0 aliphatic heterocycles. The SMILES string of the molecule is C=Cc1ccc(Cn2c(=O)n(-c3ccccc3)c(=O)c3sccc32)cc1. The highest BCUT2D eigenvalue weighted by Gasteiger charge is 2.15. The zero-order valence-electron chi connectivity index (χ0n) is 14.0.